The van der Waals surface area contributed by atoms with Crippen molar-refractivity contribution in [3.63, 3.8) is 0 Å². The lowest BCUT2D eigenvalue weighted by Crippen LogP contribution is -2.43. The largest absolute Gasteiger partial charge is 0.352 e. The maximum absolute atomic E-state index is 12.7. The Balaban J connectivity index is 1.69. The van der Waals surface area contributed by atoms with Crippen LogP contribution in [0.4, 0.5) is 0 Å². The lowest BCUT2D eigenvalue weighted by Gasteiger charge is -2.23. The molecule has 7 heteroatoms. The minimum absolute atomic E-state index is 0.0403. The zero-order valence-electron chi connectivity index (χ0n) is 11.3. The molecular formula is C13H17BrN4O2. The van der Waals surface area contributed by atoms with Crippen LogP contribution in [0.3, 0.4) is 0 Å². The maximum atomic E-state index is 12.7. The SMILES string of the molecule is CC(=O)NC1CCN(C(=O)C2(n3cc(Br)cn3)CC2)C1. The van der Waals surface area contributed by atoms with E-state index in [0.29, 0.717) is 13.1 Å². The molecule has 20 heavy (non-hydrogen) atoms. The lowest BCUT2D eigenvalue weighted by molar-refractivity contribution is -0.135. The van der Waals surface area contributed by atoms with Crippen LogP contribution in [0.2, 0.25) is 0 Å². The molecular weight excluding hydrogens is 324 g/mol. The van der Waals surface area contributed by atoms with Gasteiger partial charge in [0.05, 0.1) is 10.7 Å². The molecule has 0 aromatic carbocycles. The molecule has 1 atom stereocenters. The molecule has 1 saturated heterocycles. The molecule has 2 fully saturated rings. The molecule has 0 bridgehead atoms. The quantitative estimate of drug-likeness (QED) is 0.887. The van der Waals surface area contributed by atoms with Crippen LogP contribution < -0.4 is 5.32 Å². The Morgan fingerprint density at radius 1 is 1.50 bits per heavy atom. The molecule has 1 aliphatic carbocycles. The summed E-state index contributed by atoms with van der Waals surface area (Å²) in [5.74, 6) is 0.0855. The number of halogens is 1. The second-order valence-electron chi connectivity index (χ2n) is 5.57. The van der Waals surface area contributed by atoms with E-state index in [4.69, 9.17) is 0 Å². The number of nitrogens with zero attached hydrogens (tertiary/aromatic N) is 3. The topological polar surface area (TPSA) is 67.2 Å². The third-order valence-corrected chi connectivity index (χ3v) is 4.40. The van der Waals surface area contributed by atoms with E-state index in [1.54, 1.807) is 10.9 Å². The Morgan fingerprint density at radius 2 is 2.25 bits per heavy atom. The highest BCUT2D eigenvalue weighted by Crippen LogP contribution is 2.45. The van der Waals surface area contributed by atoms with Crippen molar-refractivity contribution in [3.05, 3.63) is 16.9 Å². The Morgan fingerprint density at radius 3 is 2.80 bits per heavy atom. The van der Waals surface area contributed by atoms with Gasteiger partial charge < -0.3 is 10.2 Å². The highest BCUT2D eigenvalue weighted by molar-refractivity contribution is 9.10. The molecule has 6 nitrogen and oxygen atoms in total. The molecule has 2 amide bonds. The zero-order valence-corrected chi connectivity index (χ0v) is 12.9. The lowest BCUT2D eigenvalue weighted by atomic mass is 10.2. The van der Waals surface area contributed by atoms with E-state index in [-0.39, 0.29) is 17.9 Å². The van der Waals surface area contributed by atoms with Gasteiger partial charge in [-0.1, -0.05) is 0 Å². The number of amides is 2. The average Bonchev–Trinajstić information content (AvgIpc) is 2.87. The van der Waals surface area contributed by atoms with Gasteiger partial charge in [-0.2, -0.15) is 5.10 Å². The van der Waals surface area contributed by atoms with Gasteiger partial charge in [0.15, 0.2) is 0 Å². The summed E-state index contributed by atoms with van der Waals surface area (Å²) < 4.78 is 2.65. The Bertz CT molecular complexity index is 552. The van der Waals surface area contributed by atoms with E-state index in [9.17, 15) is 9.59 Å². The second kappa shape index (κ2) is 4.87. The first-order valence-electron chi connectivity index (χ1n) is 6.78. The summed E-state index contributed by atoms with van der Waals surface area (Å²) in [6, 6.07) is 0.0802. The molecule has 1 aliphatic heterocycles. The number of carbonyl (C=O) groups excluding carboxylic acids is 2. The third-order valence-electron chi connectivity index (χ3n) is 3.99. The van der Waals surface area contributed by atoms with Gasteiger partial charge >= 0.3 is 0 Å². The number of likely N-dealkylation sites (tertiary alicyclic amines) is 1. The molecule has 1 N–H and O–H groups in total. The first-order chi connectivity index (χ1) is 9.51. The minimum Gasteiger partial charge on any atom is -0.352 e. The molecule has 3 rings (SSSR count). The summed E-state index contributed by atoms with van der Waals surface area (Å²) in [5.41, 5.74) is -0.489. The summed E-state index contributed by atoms with van der Waals surface area (Å²) in [6.07, 6.45) is 6.05. The highest BCUT2D eigenvalue weighted by atomic mass is 79.9. The van der Waals surface area contributed by atoms with Crippen molar-refractivity contribution < 1.29 is 9.59 Å². The molecule has 108 valence electrons. The molecule has 0 radical (unpaired) electrons. The second-order valence-corrected chi connectivity index (χ2v) is 6.49. The number of aromatic nitrogens is 2. The van der Waals surface area contributed by atoms with Gasteiger partial charge in [-0.25, -0.2) is 0 Å². The normalized spacial score (nSPS) is 23.7. The molecule has 2 aliphatic rings. The Hall–Kier alpha value is -1.37. The van der Waals surface area contributed by atoms with E-state index in [0.717, 1.165) is 23.7 Å². The van der Waals surface area contributed by atoms with Crippen LogP contribution in [0.15, 0.2) is 16.9 Å². The smallest absolute Gasteiger partial charge is 0.250 e. The number of rotatable bonds is 3. The van der Waals surface area contributed by atoms with Crippen molar-refractivity contribution in [2.75, 3.05) is 13.1 Å². The van der Waals surface area contributed by atoms with Gasteiger partial charge in [0.1, 0.15) is 5.54 Å². The van der Waals surface area contributed by atoms with Crippen LogP contribution in [0.25, 0.3) is 0 Å². The average molecular weight is 341 g/mol. The van der Waals surface area contributed by atoms with Crippen molar-refractivity contribution in [1.29, 1.82) is 0 Å². The predicted molar refractivity (Wildman–Crippen MR) is 75.9 cm³/mol. The molecule has 1 aromatic rings. The maximum Gasteiger partial charge on any atom is 0.250 e. The number of nitrogens with one attached hydrogen (secondary N) is 1. The van der Waals surface area contributed by atoms with E-state index in [1.165, 1.54) is 6.92 Å². The van der Waals surface area contributed by atoms with Crippen LogP contribution >= 0.6 is 15.9 Å². The molecule has 1 saturated carbocycles. The summed E-state index contributed by atoms with van der Waals surface area (Å²) in [5, 5.41) is 7.14. The summed E-state index contributed by atoms with van der Waals surface area (Å²) in [6.45, 7) is 2.81. The Kier molecular flexibility index (Phi) is 3.32. The van der Waals surface area contributed by atoms with Crippen LogP contribution in [-0.4, -0.2) is 45.6 Å². The fraction of sp³-hybridized carbons (Fsp3) is 0.615. The van der Waals surface area contributed by atoms with Crippen LogP contribution in [-0.2, 0) is 15.1 Å². The molecule has 2 heterocycles. The van der Waals surface area contributed by atoms with Gasteiger partial charge in [-0.3, -0.25) is 14.3 Å². The number of hydrogen-bond donors (Lipinski definition) is 1. The minimum atomic E-state index is -0.489. The van der Waals surface area contributed by atoms with Gasteiger partial charge in [-0.05, 0) is 35.2 Å². The Labute approximate surface area is 125 Å². The standard InChI is InChI=1S/C13H17BrN4O2/c1-9(19)16-11-2-5-17(8-11)12(20)13(3-4-13)18-7-10(14)6-15-18/h6-7,11H,2-5,8H2,1H3,(H,16,19). The van der Waals surface area contributed by atoms with E-state index in [1.807, 2.05) is 11.1 Å². The molecule has 0 spiro atoms. The molecule has 1 aromatic heterocycles. The summed E-state index contributed by atoms with van der Waals surface area (Å²) >= 11 is 3.37. The van der Waals surface area contributed by atoms with E-state index < -0.39 is 5.54 Å². The fourth-order valence-corrected chi connectivity index (χ4v) is 3.12. The van der Waals surface area contributed by atoms with Crippen LogP contribution in [0, 0.1) is 0 Å². The van der Waals surface area contributed by atoms with Crippen LogP contribution in [0.1, 0.15) is 26.2 Å². The van der Waals surface area contributed by atoms with Crippen molar-refractivity contribution >= 4 is 27.7 Å². The van der Waals surface area contributed by atoms with Gasteiger partial charge in [0.2, 0.25) is 5.91 Å². The monoisotopic (exact) mass is 340 g/mol. The van der Waals surface area contributed by atoms with Crippen LogP contribution in [0.5, 0.6) is 0 Å². The predicted octanol–water partition coefficient (Wildman–Crippen LogP) is 0.872. The molecule has 1 unspecified atom stereocenters. The van der Waals surface area contributed by atoms with Crippen molar-refractivity contribution in [1.82, 2.24) is 20.0 Å². The zero-order chi connectivity index (χ0) is 14.3. The fourth-order valence-electron chi connectivity index (χ4n) is 2.84. The number of carbonyl (C=O) groups is 2. The summed E-state index contributed by atoms with van der Waals surface area (Å²) in [7, 11) is 0. The first-order valence-corrected chi connectivity index (χ1v) is 7.58. The van der Waals surface area contributed by atoms with Gasteiger partial charge in [0.25, 0.3) is 5.91 Å². The highest BCUT2D eigenvalue weighted by Gasteiger charge is 2.55. The van der Waals surface area contributed by atoms with Crippen molar-refractivity contribution in [2.24, 2.45) is 0 Å². The van der Waals surface area contributed by atoms with E-state index in [2.05, 4.69) is 26.3 Å². The van der Waals surface area contributed by atoms with Crippen molar-refractivity contribution in [2.45, 2.75) is 37.8 Å². The van der Waals surface area contributed by atoms with E-state index >= 15 is 0 Å². The van der Waals surface area contributed by atoms with Gasteiger partial charge in [0, 0.05) is 32.3 Å². The number of hydrogen-bond acceptors (Lipinski definition) is 3. The third kappa shape index (κ3) is 2.34. The van der Waals surface area contributed by atoms with Crippen molar-refractivity contribution in [3.8, 4) is 0 Å². The first kappa shape index (κ1) is 13.6. The summed E-state index contributed by atoms with van der Waals surface area (Å²) in [4.78, 5) is 25.6. The van der Waals surface area contributed by atoms with Gasteiger partial charge in [-0.15, -0.1) is 0 Å².